The van der Waals surface area contributed by atoms with Crippen LogP contribution in [0, 0.1) is 0 Å². The van der Waals surface area contributed by atoms with Gasteiger partial charge in [0.05, 0.1) is 0 Å². The summed E-state index contributed by atoms with van der Waals surface area (Å²) in [5, 5.41) is 0. The molecule has 0 saturated heterocycles. The molecule has 3 nitrogen and oxygen atoms in total. The molecule has 0 unspecified atom stereocenters. The number of nitrogens with zero attached hydrogens (tertiary/aromatic N) is 2. The Kier molecular flexibility index (Phi) is 6.45. The van der Waals surface area contributed by atoms with E-state index in [1.807, 2.05) is 0 Å². The van der Waals surface area contributed by atoms with Gasteiger partial charge in [0.2, 0.25) is 0 Å². The molecule has 1 saturated carbocycles. The highest BCUT2D eigenvalue weighted by Crippen LogP contribution is 2.30. The third kappa shape index (κ3) is 4.57. The lowest BCUT2D eigenvalue weighted by Crippen LogP contribution is -2.53. The summed E-state index contributed by atoms with van der Waals surface area (Å²) in [5.74, 6) is 0. The highest BCUT2D eigenvalue weighted by molar-refractivity contribution is 4.91. The summed E-state index contributed by atoms with van der Waals surface area (Å²) in [4.78, 5) is 4.78. The first kappa shape index (κ1) is 14.9. The molecule has 0 aromatic heterocycles. The van der Waals surface area contributed by atoms with Crippen LogP contribution in [0.1, 0.15) is 44.9 Å². The molecule has 1 aliphatic rings. The van der Waals surface area contributed by atoms with Crippen LogP contribution < -0.4 is 5.73 Å². The minimum absolute atomic E-state index is 0.274. The minimum atomic E-state index is 0.274. The van der Waals surface area contributed by atoms with E-state index in [0.29, 0.717) is 0 Å². The third-order valence-corrected chi connectivity index (χ3v) is 4.36. The van der Waals surface area contributed by atoms with Crippen molar-refractivity contribution in [3.05, 3.63) is 0 Å². The van der Waals surface area contributed by atoms with Gasteiger partial charge in [0.1, 0.15) is 0 Å². The predicted molar refractivity (Wildman–Crippen MR) is 75.3 cm³/mol. The molecule has 0 atom stereocenters. The minimum Gasteiger partial charge on any atom is -0.329 e. The van der Waals surface area contributed by atoms with Crippen molar-refractivity contribution in [3.63, 3.8) is 0 Å². The molecule has 1 aliphatic carbocycles. The van der Waals surface area contributed by atoms with Gasteiger partial charge in [0.15, 0.2) is 0 Å². The average molecular weight is 241 g/mol. The van der Waals surface area contributed by atoms with Crippen LogP contribution >= 0.6 is 0 Å². The molecule has 2 N–H and O–H groups in total. The van der Waals surface area contributed by atoms with E-state index in [1.165, 1.54) is 44.9 Å². The highest BCUT2D eigenvalue weighted by Gasteiger charge is 2.32. The molecule has 0 spiro atoms. The monoisotopic (exact) mass is 241 g/mol. The summed E-state index contributed by atoms with van der Waals surface area (Å²) in [6, 6.07) is 0. The smallest absolute Gasteiger partial charge is 0.0329 e. The summed E-state index contributed by atoms with van der Waals surface area (Å²) >= 11 is 0. The van der Waals surface area contributed by atoms with E-state index in [9.17, 15) is 0 Å². The van der Waals surface area contributed by atoms with Gasteiger partial charge in [-0.15, -0.1) is 0 Å². The van der Waals surface area contributed by atoms with E-state index in [2.05, 4.69) is 30.9 Å². The molecule has 0 bridgehead atoms. The van der Waals surface area contributed by atoms with Crippen molar-refractivity contribution in [3.8, 4) is 0 Å². The van der Waals surface area contributed by atoms with Crippen LogP contribution in [0.5, 0.6) is 0 Å². The quantitative estimate of drug-likeness (QED) is 0.798. The van der Waals surface area contributed by atoms with Gasteiger partial charge in [-0.1, -0.05) is 32.1 Å². The fourth-order valence-corrected chi connectivity index (χ4v) is 2.89. The van der Waals surface area contributed by atoms with Crippen molar-refractivity contribution in [2.24, 2.45) is 5.73 Å². The molecule has 3 heteroatoms. The van der Waals surface area contributed by atoms with Crippen LogP contribution in [0.3, 0.4) is 0 Å². The highest BCUT2D eigenvalue weighted by atomic mass is 15.2. The Morgan fingerprint density at radius 1 is 0.882 bits per heavy atom. The molecule has 17 heavy (non-hydrogen) atoms. The summed E-state index contributed by atoms with van der Waals surface area (Å²) in [7, 11) is 6.54. The molecule has 0 amide bonds. The predicted octanol–water partition coefficient (Wildman–Crippen LogP) is 1.92. The fraction of sp³-hybridized carbons (Fsp3) is 1.00. The lowest BCUT2D eigenvalue weighted by atomic mass is 9.82. The summed E-state index contributed by atoms with van der Waals surface area (Å²) < 4.78 is 0. The van der Waals surface area contributed by atoms with E-state index < -0.39 is 0 Å². The van der Waals surface area contributed by atoms with Crippen molar-refractivity contribution in [2.45, 2.75) is 50.5 Å². The largest absolute Gasteiger partial charge is 0.329 e. The van der Waals surface area contributed by atoms with Crippen molar-refractivity contribution in [1.29, 1.82) is 0 Å². The van der Waals surface area contributed by atoms with E-state index in [1.54, 1.807) is 0 Å². The van der Waals surface area contributed by atoms with Gasteiger partial charge in [-0.2, -0.15) is 0 Å². The lowest BCUT2D eigenvalue weighted by Gasteiger charge is -2.43. The van der Waals surface area contributed by atoms with Gasteiger partial charge >= 0.3 is 0 Å². The van der Waals surface area contributed by atoms with Gasteiger partial charge < -0.3 is 10.6 Å². The van der Waals surface area contributed by atoms with E-state index in [-0.39, 0.29) is 5.54 Å². The molecule has 1 fully saturated rings. The maximum absolute atomic E-state index is 6.11. The molecule has 0 aromatic rings. The third-order valence-electron chi connectivity index (χ3n) is 4.36. The standard InChI is InChI=1S/C14H31N3/c1-16(2)11-12-17(3)14(13-15)9-7-5-4-6-8-10-14/h4-13,15H2,1-3H3. The molecule has 102 valence electrons. The second-order valence-electron chi connectivity index (χ2n) is 5.92. The maximum Gasteiger partial charge on any atom is 0.0329 e. The first-order valence-electron chi connectivity index (χ1n) is 7.17. The number of rotatable bonds is 5. The van der Waals surface area contributed by atoms with Crippen molar-refractivity contribution in [1.82, 2.24) is 9.80 Å². The van der Waals surface area contributed by atoms with Gasteiger partial charge in [-0.25, -0.2) is 0 Å². The Bertz CT molecular complexity index is 196. The van der Waals surface area contributed by atoms with Crippen LogP contribution in [0.4, 0.5) is 0 Å². The van der Waals surface area contributed by atoms with Crippen molar-refractivity contribution in [2.75, 3.05) is 40.8 Å². The van der Waals surface area contributed by atoms with Crippen LogP contribution in [0.2, 0.25) is 0 Å². The van der Waals surface area contributed by atoms with Gasteiger partial charge in [-0.05, 0) is 34.0 Å². The van der Waals surface area contributed by atoms with Gasteiger partial charge in [-0.3, -0.25) is 4.90 Å². The number of hydrogen-bond acceptors (Lipinski definition) is 3. The topological polar surface area (TPSA) is 32.5 Å². The Balaban J connectivity index is 2.56. The molecule has 0 heterocycles. The summed E-state index contributed by atoms with van der Waals surface area (Å²) in [5.41, 5.74) is 6.38. The molecule has 1 rings (SSSR count). The molecular formula is C14H31N3. The van der Waals surface area contributed by atoms with E-state index in [4.69, 9.17) is 5.73 Å². The Labute approximate surface area is 107 Å². The second-order valence-corrected chi connectivity index (χ2v) is 5.92. The first-order valence-corrected chi connectivity index (χ1v) is 7.17. The number of likely N-dealkylation sites (N-methyl/N-ethyl adjacent to an activating group) is 2. The van der Waals surface area contributed by atoms with Gasteiger partial charge in [0.25, 0.3) is 0 Å². The second kappa shape index (κ2) is 7.34. The van der Waals surface area contributed by atoms with E-state index in [0.717, 1.165) is 19.6 Å². The van der Waals surface area contributed by atoms with Gasteiger partial charge in [0, 0.05) is 25.2 Å². The average Bonchev–Trinajstić information content (AvgIpc) is 2.26. The zero-order valence-corrected chi connectivity index (χ0v) is 12.0. The number of nitrogens with two attached hydrogens (primary N) is 1. The normalized spacial score (nSPS) is 21.5. The zero-order valence-electron chi connectivity index (χ0n) is 12.0. The SMILES string of the molecule is CN(C)CCN(C)C1(CN)CCCCCCC1. The Morgan fingerprint density at radius 3 is 1.88 bits per heavy atom. The van der Waals surface area contributed by atoms with Crippen LogP contribution in [-0.4, -0.2) is 56.1 Å². The van der Waals surface area contributed by atoms with Crippen molar-refractivity contribution >= 4 is 0 Å². The Hall–Kier alpha value is -0.120. The molecule has 0 radical (unpaired) electrons. The zero-order chi connectivity index (χ0) is 12.7. The summed E-state index contributed by atoms with van der Waals surface area (Å²) in [6.07, 6.45) is 9.47. The van der Waals surface area contributed by atoms with Crippen LogP contribution in [0.15, 0.2) is 0 Å². The maximum atomic E-state index is 6.11. The molecular weight excluding hydrogens is 210 g/mol. The number of hydrogen-bond donors (Lipinski definition) is 1. The summed E-state index contributed by atoms with van der Waals surface area (Å²) in [6.45, 7) is 3.07. The lowest BCUT2D eigenvalue weighted by molar-refractivity contribution is 0.0867. The molecule has 0 aliphatic heterocycles. The first-order chi connectivity index (χ1) is 8.10. The van der Waals surface area contributed by atoms with E-state index >= 15 is 0 Å². The van der Waals surface area contributed by atoms with Crippen LogP contribution in [-0.2, 0) is 0 Å². The Morgan fingerprint density at radius 2 is 1.41 bits per heavy atom. The van der Waals surface area contributed by atoms with Crippen LogP contribution in [0.25, 0.3) is 0 Å². The molecule has 0 aromatic carbocycles. The van der Waals surface area contributed by atoms with Crippen molar-refractivity contribution < 1.29 is 0 Å². The fourth-order valence-electron chi connectivity index (χ4n) is 2.89.